The van der Waals surface area contributed by atoms with Crippen LogP contribution >= 0.6 is 11.3 Å². The Morgan fingerprint density at radius 3 is 2.71 bits per heavy atom. The Bertz CT molecular complexity index is 599. The molecule has 2 rings (SSSR count). The van der Waals surface area contributed by atoms with E-state index in [0.717, 1.165) is 16.8 Å². The van der Waals surface area contributed by atoms with Gasteiger partial charge in [-0.25, -0.2) is 0 Å². The van der Waals surface area contributed by atoms with Crippen LogP contribution < -0.4 is 10.2 Å². The van der Waals surface area contributed by atoms with Crippen molar-refractivity contribution in [2.24, 2.45) is 0 Å². The summed E-state index contributed by atoms with van der Waals surface area (Å²) >= 11 is 1.17. The molecule has 0 fully saturated rings. The molecule has 0 aliphatic rings. The molecule has 1 heterocycles. The van der Waals surface area contributed by atoms with Crippen LogP contribution in [-0.2, 0) is 0 Å². The average Bonchev–Trinajstić information content (AvgIpc) is 2.77. The Morgan fingerprint density at radius 1 is 1.35 bits per heavy atom. The Balaban J connectivity index is 2.19. The van der Waals surface area contributed by atoms with Gasteiger partial charge in [-0.15, -0.1) is 0 Å². The molecule has 0 unspecified atom stereocenters. The number of H-pyrrole nitrogens is 1. The van der Waals surface area contributed by atoms with Crippen LogP contribution in [-0.4, -0.2) is 18.6 Å². The highest BCUT2D eigenvalue weighted by Crippen LogP contribution is 2.17. The number of thiazole rings is 1. The zero-order valence-corrected chi connectivity index (χ0v) is 10.2. The Morgan fingerprint density at radius 2 is 2.12 bits per heavy atom. The first-order valence-corrected chi connectivity index (χ1v) is 6.09. The maximum atomic E-state index is 11.0. The quantitative estimate of drug-likeness (QED) is 0.789. The second-order valence-corrected chi connectivity index (χ2v) is 4.31. The largest absolute Gasteiger partial charge is 0.312 e. The third kappa shape index (κ3) is 3.06. The van der Waals surface area contributed by atoms with Gasteiger partial charge >= 0.3 is 4.87 Å². The molecule has 4 heteroatoms. The molecule has 3 nitrogen and oxygen atoms in total. The van der Waals surface area contributed by atoms with Crippen molar-refractivity contribution in [1.82, 2.24) is 10.3 Å². The number of hydrogen-bond donors (Lipinski definition) is 2. The molecule has 0 aliphatic heterocycles. The third-order valence-corrected chi connectivity index (χ3v) is 2.88. The second-order valence-electron chi connectivity index (χ2n) is 3.47. The predicted molar refractivity (Wildman–Crippen MR) is 71.2 cm³/mol. The van der Waals surface area contributed by atoms with Crippen molar-refractivity contribution >= 4 is 11.3 Å². The average molecular weight is 244 g/mol. The van der Waals surface area contributed by atoms with Crippen molar-refractivity contribution in [3.05, 3.63) is 44.9 Å². The molecule has 0 saturated carbocycles. The van der Waals surface area contributed by atoms with Crippen LogP contribution in [0, 0.1) is 11.8 Å². The highest BCUT2D eigenvalue weighted by molar-refractivity contribution is 7.07. The van der Waals surface area contributed by atoms with Gasteiger partial charge in [0.2, 0.25) is 0 Å². The van der Waals surface area contributed by atoms with Gasteiger partial charge in [0.1, 0.15) is 0 Å². The lowest BCUT2D eigenvalue weighted by atomic mass is 10.1. The normalized spacial score (nSPS) is 9.71. The molecule has 0 aliphatic carbocycles. The zero-order valence-electron chi connectivity index (χ0n) is 9.41. The first-order chi connectivity index (χ1) is 8.29. The second kappa shape index (κ2) is 5.48. The molecule has 2 N–H and O–H groups in total. The third-order valence-electron chi connectivity index (χ3n) is 2.21. The van der Waals surface area contributed by atoms with E-state index < -0.39 is 0 Å². The summed E-state index contributed by atoms with van der Waals surface area (Å²) in [5.41, 5.74) is 2.83. The summed E-state index contributed by atoms with van der Waals surface area (Å²) in [5, 5.41) is 4.79. The minimum absolute atomic E-state index is 0.0297. The molecule has 0 atom stereocenters. The molecule has 0 saturated heterocycles. The van der Waals surface area contributed by atoms with E-state index in [1.54, 1.807) is 0 Å². The van der Waals surface area contributed by atoms with Gasteiger partial charge in [-0.2, -0.15) is 0 Å². The van der Waals surface area contributed by atoms with E-state index >= 15 is 0 Å². The lowest BCUT2D eigenvalue weighted by molar-refractivity contribution is 0.938. The molecule has 0 spiro atoms. The lowest BCUT2D eigenvalue weighted by Crippen LogP contribution is -2.04. The molecule has 0 bridgehead atoms. The van der Waals surface area contributed by atoms with E-state index in [-0.39, 0.29) is 4.87 Å². The monoisotopic (exact) mass is 244 g/mol. The topological polar surface area (TPSA) is 44.9 Å². The highest BCUT2D eigenvalue weighted by atomic mass is 32.1. The summed E-state index contributed by atoms with van der Waals surface area (Å²) in [6.07, 6.45) is 0. The minimum atomic E-state index is -0.0297. The van der Waals surface area contributed by atoms with Gasteiger partial charge in [-0.3, -0.25) is 4.79 Å². The minimum Gasteiger partial charge on any atom is -0.312 e. The van der Waals surface area contributed by atoms with Crippen LogP contribution in [0.15, 0.2) is 34.4 Å². The van der Waals surface area contributed by atoms with Gasteiger partial charge in [0, 0.05) is 10.9 Å². The Kier molecular flexibility index (Phi) is 3.76. The first kappa shape index (κ1) is 11.6. The van der Waals surface area contributed by atoms with Crippen molar-refractivity contribution in [3.63, 3.8) is 0 Å². The summed E-state index contributed by atoms with van der Waals surface area (Å²) in [7, 11) is 1.87. The molecule has 2 aromatic rings. The maximum Gasteiger partial charge on any atom is 0.304 e. The number of nitrogens with one attached hydrogen (secondary N) is 2. The van der Waals surface area contributed by atoms with Crippen molar-refractivity contribution in [3.8, 4) is 23.1 Å². The van der Waals surface area contributed by atoms with E-state index in [1.165, 1.54) is 11.3 Å². The number of aromatic nitrogens is 1. The number of rotatable bonds is 2. The lowest BCUT2D eigenvalue weighted by Gasteiger charge is -1.96. The van der Waals surface area contributed by atoms with Gasteiger partial charge < -0.3 is 10.3 Å². The van der Waals surface area contributed by atoms with E-state index in [9.17, 15) is 4.79 Å². The summed E-state index contributed by atoms with van der Waals surface area (Å²) in [6.45, 7) is 0.680. The molecule has 1 aromatic heterocycles. The molecule has 0 amide bonds. The van der Waals surface area contributed by atoms with Crippen LogP contribution in [0.25, 0.3) is 11.3 Å². The van der Waals surface area contributed by atoms with Crippen molar-refractivity contribution in [1.29, 1.82) is 0 Å². The molecule has 17 heavy (non-hydrogen) atoms. The van der Waals surface area contributed by atoms with E-state index in [2.05, 4.69) is 22.1 Å². The SMILES string of the molecule is CNCC#Cc1ccc(-c2csc(=O)[nH]2)cc1. The van der Waals surface area contributed by atoms with Crippen molar-refractivity contribution < 1.29 is 0 Å². The molecular formula is C13H12N2OS. The van der Waals surface area contributed by atoms with Crippen molar-refractivity contribution in [2.45, 2.75) is 0 Å². The maximum absolute atomic E-state index is 11.0. The fourth-order valence-corrected chi connectivity index (χ4v) is 1.98. The van der Waals surface area contributed by atoms with E-state index in [0.29, 0.717) is 6.54 Å². The van der Waals surface area contributed by atoms with E-state index in [4.69, 9.17) is 0 Å². The Hall–Kier alpha value is -1.83. The molecular weight excluding hydrogens is 232 g/mol. The van der Waals surface area contributed by atoms with Gasteiger partial charge in [-0.1, -0.05) is 35.3 Å². The smallest absolute Gasteiger partial charge is 0.304 e. The Labute approximate surface area is 104 Å². The number of benzene rings is 1. The molecule has 1 aromatic carbocycles. The van der Waals surface area contributed by atoms with E-state index in [1.807, 2.05) is 36.7 Å². The number of hydrogen-bond acceptors (Lipinski definition) is 3. The summed E-state index contributed by atoms with van der Waals surface area (Å²) in [6, 6.07) is 7.82. The summed E-state index contributed by atoms with van der Waals surface area (Å²) in [4.78, 5) is 13.8. The van der Waals surface area contributed by atoms with Gasteiger partial charge in [0.25, 0.3) is 0 Å². The molecule has 86 valence electrons. The van der Waals surface area contributed by atoms with Crippen LogP contribution in [0.2, 0.25) is 0 Å². The summed E-state index contributed by atoms with van der Waals surface area (Å²) in [5.74, 6) is 6.05. The van der Waals surface area contributed by atoms with Crippen LogP contribution in [0.1, 0.15) is 5.56 Å². The van der Waals surface area contributed by atoms with Crippen LogP contribution in [0.5, 0.6) is 0 Å². The fraction of sp³-hybridized carbons (Fsp3) is 0.154. The highest BCUT2D eigenvalue weighted by Gasteiger charge is 1.99. The van der Waals surface area contributed by atoms with Crippen LogP contribution in [0.3, 0.4) is 0 Å². The fourth-order valence-electron chi connectivity index (χ4n) is 1.39. The zero-order chi connectivity index (χ0) is 12.1. The van der Waals surface area contributed by atoms with Gasteiger partial charge in [-0.05, 0) is 24.7 Å². The van der Waals surface area contributed by atoms with Crippen molar-refractivity contribution in [2.75, 3.05) is 13.6 Å². The predicted octanol–water partition coefficient (Wildman–Crippen LogP) is 1.67. The summed E-state index contributed by atoms with van der Waals surface area (Å²) < 4.78 is 0. The first-order valence-electron chi connectivity index (χ1n) is 5.21. The standard InChI is InChI=1S/C13H12N2OS/c1-14-8-2-3-10-4-6-11(7-5-10)12-9-17-13(16)15-12/h4-7,9,14H,8H2,1H3,(H,15,16). The number of aromatic amines is 1. The van der Waals surface area contributed by atoms with Gasteiger partial charge in [0.15, 0.2) is 0 Å². The van der Waals surface area contributed by atoms with Gasteiger partial charge in [0.05, 0.1) is 12.2 Å². The molecule has 0 radical (unpaired) electrons. The van der Waals surface area contributed by atoms with Crippen LogP contribution in [0.4, 0.5) is 0 Å².